The van der Waals surface area contributed by atoms with Gasteiger partial charge in [0.05, 0.1) is 17.1 Å². The highest BCUT2D eigenvalue weighted by atomic mass is 32.2. The second-order valence-electron chi connectivity index (χ2n) is 4.26. The Kier molecular flexibility index (Phi) is 4.92. The Balaban J connectivity index is 2.10. The van der Waals surface area contributed by atoms with Gasteiger partial charge < -0.3 is 5.32 Å². The van der Waals surface area contributed by atoms with Crippen molar-refractivity contribution in [1.29, 1.82) is 0 Å². The Morgan fingerprint density at radius 2 is 2.15 bits per heavy atom. The summed E-state index contributed by atoms with van der Waals surface area (Å²) in [6, 6.07) is 3.43. The summed E-state index contributed by atoms with van der Waals surface area (Å²) in [7, 11) is -1.71. The zero-order valence-electron chi connectivity index (χ0n) is 11.5. The molecule has 20 heavy (non-hydrogen) atoms. The topological polar surface area (TPSA) is 76.0 Å². The molecule has 2 heterocycles. The molecule has 0 bridgehead atoms. The minimum atomic E-state index is -3.49. The smallest absolute Gasteiger partial charge is 0.242 e. The van der Waals surface area contributed by atoms with Crippen molar-refractivity contribution in [2.24, 2.45) is 7.05 Å². The maximum absolute atomic E-state index is 12.3. The first kappa shape index (κ1) is 15.2. The maximum Gasteiger partial charge on any atom is 0.242 e. The van der Waals surface area contributed by atoms with Crippen molar-refractivity contribution >= 4 is 21.4 Å². The molecule has 0 spiro atoms. The highest BCUT2D eigenvalue weighted by molar-refractivity contribution is 7.89. The van der Waals surface area contributed by atoms with Crippen LogP contribution >= 0.6 is 11.3 Å². The number of aryl methyl sites for hydroxylation is 1. The molecule has 0 unspecified atom stereocenters. The van der Waals surface area contributed by atoms with Gasteiger partial charge in [-0.3, -0.25) is 4.68 Å². The molecule has 2 aromatic rings. The predicted molar refractivity (Wildman–Crippen MR) is 78.9 cm³/mol. The van der Waals surface area contributed by atoms with E-state index in [1.54, 1.807) is 35.4 Å². The van der Waals surface area contributed by atoms with E-state index in [4.69, 9.17) is 0 Å². The lowest BCUT2D eigenvalue weighted by Gasteiger charge is -2.08. The van der Waals surface area contributed by atoms with E-state index in [1.807, 2.05) is 6.92 Å². The molecule has 6 nitrogen and oxygen atoms in total. The molecule has 2 aromatic heterocycles. The van der Waals surface area contributed by atoms with Gasteiger partial charge in [-0.05, 0) is 24.1 Å². The summed E-state index contributed by atoms with van der Waals surface area (Å²) >= 11 is 1.44. The van der Waals surface area contributed by atoms with Gasteiger partial charge in [-0.15, -0.1) is 11.3 Å². The molecular weight excluding hydrogens is 296 g/mol. The van der Waals surface area contributed by atoms with Gasteiger partial charge in [0.25, 0.3) is 0 Å². The third-order valence-corrected chi connectivity index (χ3v) is 5.43. The van der Waals surface area contributed by atoms with E-state index in [0.717, 1.165) is 17.1 Å². The normalized spacial score (nSPS) is 11.9. The van der Waals surface area contributed by atoms with Gasteiger partial charge in [0, 0.05) is 24.7 Å². The highest BCUT2D eigenvalue weighted by Gasteiger charge is 2.19. The molecule has 110 valence electrons. The van der Waals surface area contributed by atoms with Gasteiger partial charge >= 0.3 is 0 Å². The van der Waals surface area contributed by atoms with Crippen LogP contribution in [0.15, 0.2) is 28.6 Å². The first-order chi connectivity index (χ1) is 9.54. The first-order valence-electron chi connectivity index (χ1n) is 6.28. The summed E-state index contributed by atoms with van der Waals surface area (Å²) in [5.74, 6) is 0. The van der Waals surface area contributed by atoms with E-state index in [9.17, 15) is 8.42 Å². The fourth-order valence-corrected chi connectivity index (χ4v) is 4.17. The lowest BCUT2D eigenvalue weighted by Crippen LogP contribution is -2.25. The van der Waals surface area contributed by atoms with Crippen molar-refractivity contribution in [2.45, 2.75) is 24.9 Å². The Labute approximate surface area is 122 Å². The van der Waals surface area contributed by atoms with Crippen molar-refractivity contribution in [3.63, 3.8) is 0 Å². The van der Waals surface area contributed by atoms with Crippen LogP contribution in [-0.2, 0) is 30.2 Å². The van der Waals surface area contributed by atoms with Crippen LogP contribution in [0.1, 0.15) is 17.5 Å². The summed E-state index contributed by atoms with van der Waals surface area (Å²) in [5, 5.41) is 8.95. The number of thiophene rings is 1. The minimum absolute atomic E-state index is 0.231. The maximum atomic E-state index is 12.3. The molecular formula is C12H18N4O2S2. The summed E-state index contributed by atoms with van der Waals surface area (Å²) in [4.78, 5) is 1.18. The van der Waals surface area contributed by atoms with Crippen molar-refractivity contribution in [3.8, 4) is 0 Å². The number of sulfonamides is 1. The number of hydrogen-bond acceptors (Lipinski definition) is 5. The van der Waals surface area contributed by atoms with Crippen LogP contribution < -0.4 is 10.0 Å². The molecule has 0 aliphatic heterocycles. The zero-order chi connectivity index (χ0) is 14.6. The number of nitrogens with zero attached hydrogens (tertiary/aromatic N) is 2. The fraction of sp³-hybridized carbons (Fsp3) is 0.417. The fourth-order valence-electron chi connectivity index (χ4n) is 1.76. The molecule has 2 N–H and O–H groups in total. The molecule has 0 saturated carbocycles. The van der Waals surface area contributed by atoms with Gasteiger partial charge in [-0.2, -0.15) is 5.10 Å². The molecule has 0 amide bonds. The summed E-state index contributed by atoms with van der Waals surface area (Å²) in [6.07, 6.45) is 1.64. The summed E-state index contributed by atoms with van der Waals surface area (Å²) in [5.41, 5.74) is 0.817. The number of hydrogen-bond donors (Lipinski definition) is 2. The van der Waals surface area contributed by atoms with E-state index in [-0.39, 0.29) is 6.54 Å². The van der Waals surface area contributed by atoms with Gasteiger partial charge in [0.2, 0.25) is 10.0 Å². The zero-order valence-corrected chi connectivity index (χ0v) is 13.1. The standard InChI is InChI=1S/C12H18N4O2S2/c1-3-13-9-11-12(5-7-19-11)20(17,18)15-8-10-4-6-14-16(10)2/h4-7,13,15H,3,8-9H2,1-2H3. The number of aromatic nitrogens is 2. The van der Waals surface area contributed by atoms with Crippen molar-refractivity contribution in [3.05, 3.63) is 34.3 Å². The van der Waals surface area contributed by atoms with E-state index < -0.39 is 10.0 Å². The molecule has 0 aliphatic carbocycles. The molecule has 8 heteroatoms. The number of rotatable bonds is 7. The quantitative estimate of drug-likeness (QED) is 0.801. The van der Waals surface area contributed by atoms with Crippen LogP contribution in [0.25, 0.3) is 0 Å². The van der Waals surface area contributed by atoms with E-state index >= 15 is 0 Å². The van der Waals surface area contributed by atoms with Crippen LogP contribution in [0.3, 0.4) is 0 Å². The molecule has 0 aliphatic rings. The van der Waals surface area contributed by atoms with E-state index in [0.29, 0.717) is 11.4 Å². The van der Waals surface area contributed by atoms with Crippen molar-refractivity contribution in [1.82, 2.24) is 19.8 Å². The highest BCUT2D eigenvalue weighted by Crippen LogP contribution is 2.21. The Morgan fingerprint density at radius 1 is 1.35 bits per heavy atom. The SMILES string of the molecule is CCNCc1sccc1S(=O)(=O)NCc1ccnn1C. The van der Waals surface area contributed by atoms with Crippen LogP contribution in [-0.4, -0.2) is 24.7 Å². The molecule has 2 rings (SSSR count). The van der Waals surface area contributed by atoms with Gasteiger partial charge in [0.15, 0.2) is 0 Å². The van der Waals surface area contributed by atoms with E-state index in [1.165, 1.54) is 11.3 Å². The predicted octanol–water partition coefficient (Wildman–Crippen LogP) is 1.07. The third-order valence-electron chi connectivity index (χ3n) is 2.90. The first-order valence-corrected chi connectivity index (χ1v) is 8.64. The third kappa shape index (κ3) is 3.45. The lowest BCUT2D eigenvalue weighted by atomic mass is 10.4. The summed E-state index contributed by atoms with van der Waals surface area (Å²) in [6.45, 7) is 3.59. The van der Waals surface area contributed by atoms with Gasteiger partial charge in [0.1, 0.15) is 0 Å². The molecule has 0 atom stereocenters. The summed E-state index contributed by atoms with van der Waals surface area (Å²) < 4.78 is 28.9. The second-order valence-corrected chi connectivity index (χ2v) is 7.00. The minimum Gasteiger partial charge on any atom is -0.312 e. The molecule has 0 saturated heterocycles. The average Bonchev–Trinajstić information content (AvgIpc) is 3.03. The van der Waals surface area contributed by atoms with Gasteiger partial charge in [-0.25, -0.2) is 13.1 Å². The van der Waals surface area contributed by atoms with Crippen LogP contribution in [0.4, 0.5) is 0 Å². The lowest BCUT2D eigenvalue weighted by molar-refractivity contribution is 0.575. The average molecular weight is 314 g/mol. The molecule has 0 fully saturated rings. The monoisotopic (exact) mass is 314 g/mol. The van der Waals surface area contributed by atoms with Crippen molar-refractivity contribution in [2.75, 3.05) is 6.54 Å². The van der Waals surface area contributed by atoms with Crippen molar-refractivity contribution < 1.29 is 8.42 Å². The Morgan fingerprint density at radius 3 is 2.80 bits per heavy atom. The molecule has 0 radical (unpaired) electrons. The Hall–Kier alpha value is -1.22. The number of nitrogens with one attached hydrogen (secondary N) is 2. The Bertz CT molecular complexity index is 661. The van der Waals surface area contributed by atoms with Crippen LogP contribution in [0.2, 0.25) is 0 Å². The van der Waals surface area contributed by atoms with Crippen LogP contribution in [0, 0.1) is 0 Å². The van der Waals surface area contributed by atoms with Gasteiger partial charge in [-0.1, -0.05) is 6.92 Å². The second kappa shape index (κ2) is 6.49. The van der Waals surface area contributed by atoms with E-state index in [2.05, 4.69) is 15.1 Å². The largest absolute Gasteiger partial charge is 0.312 e. The van der Waals surface area contributed by atoms with Crippen LogP contribution in [0.5, 0.6) is 0 Å². The molecule has 0 aromatic carbocycles.